The van der Waals surface area contributed by atoms with Gasteiger partial charge in [0.2, 0.25) is 0 Å². The number of hydrogen-bond acceptors (Lipinski definition) is 7. The minimum Gasteiger partial charge on any atom is -0.493 e. The van der Waals surface area contributed by atoms with Crippen molar-refractivity contribution in [1.82, 2.24) is 9.99 Å². The molecule has 1 aliphatic rings. The highest BCUT2D eigenvalue weighted by Crippen LogP contribution is 2.36. The summed E-state index contributed by atoms with van der Waals surface area (Å²) in [5, 5.41) is 8.08. The third-order valence-electron chi connectivity index (χ3n) is 5.48. The molecule has 0 saturated carbocycles. The predicted molar refractivity (Wildman–Crippen MR) is 137 cm³/mol. The van der Waals surface area contributed by atoms with Gasteiger partial charge >= 0.3 is 11.6 Å². The van der Waals surface area contributed by atoms with E-state index in [4.69, 9.17) is 4.74 Å². The van der Waals surface area contributed by atoms with Crippen LogP contribution in [-0.4, -0.2) is 45.6 Å². The van der Waals surface area contributed by atoms with E-state index in [2.05, 4.69) is 20.1 Å². The van der Waals surface area contributed by atoms with Gasteiger partial charge in [-0.3, -0.25) is 14.6 Å². The third-order valence-corrected chi connectivity index (χ3v) is 6.74. The monoisotopic (exact) mass is 544 g/mol. The first-order valence-electron chi connectivity index (χ1n) is 11.5. The Morgan fingerprint density at radius 1 is 1.11 bits per heavy atom. The summed E-state index contributed by atoms with van der Waals surface area (Å²) in [6.45, 7) is 2.05. The lowest BCUT2D eigenvalue weighted by molar-refractivity contribution is -0.275. The number of benzene rings is 2. The third kappa shape index (κ3) is 6.62. The maximum Gasteiger partial charge on any atom is 0.573 e. The van der Waals surface area contributed by atoms with E-state index in [1.54, 1.807) is 42.5 Å². The van der Waals surface area contributed by atoms with Crippen LogP contribution in [0.1, 0.15) is 35.0 Å². The van der Waals surface area contributed by atoms with Gasteiger partial charge in [-0.2, -0.15) is 5.10 Å². The van der Waals surface area contributed by atoms with Crippen LogP contribution in [0.5, 0.6) is 11.5 Å². The first-order chi connectivity index (χ1) is 18.2. The van der Waals surface area contributed by atoms with Crippen molar-refractivity contribution < 1.29 is 32.2 Å². The molecule has 198 valence electrons. The van der Waals surface area contributed by atoms with Crippen molar-refractivity contribution in [1.29, 1.82) is 0 Å². The molecule has 1 aromatic heterocycles. The Morgan fingerprint density at radius 2 is 1.87 bits per heavy atom. The number of ether oxygens (including phenoxy) is 2. The molecular formula is C26H23F3N4O4S. The van der Waals surface area contributed by atoms with Gasteiger partial charge in [-0.15, -0.1) is 13.2 Å². The summed E-state index contributed by atoms with van der Waals surface area (Å²) in [7, 11) is 1.25. The molecule has 2 heterocycles. The molecule has 0 spiro atoms. The van der Waals surface area contributed by atoms with Gasteiger partial charge in [-0.05, 0) is 54.4 Å². The van der Waals surface area contributed by atoms with Crippen LogP contribution in [0.15, 0.2) is 72.0 Å². The Hall–Kier alpha value is -4.06. The Morgan fingerprint density at radius 3 is 2.50 bits per heavy atom. The molecule has 1 aliphatic heterocycles. The number of anilines is 1. The van der Waals surface area contributed by atoms with Crippen molar-refractivity contribution in [3.05, 3.63) is 83.7 Å². The largest absolute Gasteiger partial charge is 0.573 e. The van der Waals surface area contributed by atoms with E-state index in [0.29, 0.717) is 23.4 Å². The van der Waals surface area contributed by atoms with Crippen molar-refractivity contribution in [2.45, 2.75) is 31.5 Å². The first-order valence-corrected chi connectivity index (χ1v) is 12.4. The number of methoxy groups -OCH3 is 1. The smallest absolute Gasteiger partial charge is 0.493 e. The van der Waals surface area contributed by atoms with Gasteiger partial charge < -0.3 is 14.8 Å². The molecule has 0 saturated heterocycles. The van der Waals surface area contributed by atoms with E-state index in [1.807, 2.05) is 6.92 Å². The normalized spacial score (nSPS) is 15.6. The molecule has 3 aromatic rings. The standard InChI is InChI=1S/C26H23F3N4O4S/c1-3-22-23(17-9-12-20(21(14-17)36-2)37-26(27,28)29)32-33(25(35)38-22)15-16-7-10-18(11-8-16)31-24(34)19-6-4-5-13-30-19/h4-14,22H,3,15H2,1-2H3,(H,31,34). The van der Waals surface area contributed by atoms with Crippen molar-refractivity contribution in [3.63, 3.8) is 0 Å². The van der Waals surface area contributed by atoms with E-state index in [0.717, 1.165) is 17.3 Å². The number of carbonyl (C=O) groups is 2. The fraction of sp³-hybridized carbons (Fsp3) is 0.231. The lowest BCUT2D eigenvalue weighted by atomic mass is 10.0. The quantitative estimate of drug-likeness (QED) is 0.369. The van der Waals surface area contributed by atoms with Crippen LogP contribution in [0.25, 0.3) is 0 Å². The van der Waals surface area contributed by atoms with Gasteiger partial charge in [0.05, 0.1) is 24.6 Å². The Labute approximate surface area is 220 Å². The minimum absolute atomic E-state index is 0.103. The topological polar surface area (TPSA) is 93.1 Å². The van der Waals surface area contributed by atoms with Gasteiger partial charge in [-0.1, -0.05) is 36.9 Å². The van der Waals surface area contributed by atoms with Crippen molar-refractivity contribution in [2.24, 2.45) is 5.10 Å². The fourth-order valence-electron chi connectivity index (χ4n) is 3.69. The lowest BCUT2D eigenvalue weighted by Crippen LogP contribution is -2.34. The number of amides is 2. The van der Waals surface area contributed by atoms with Crippen molar-refractivity contribution >= 4 is 34.3 Å². The second-order valence-corrected chi connectivity index (χ2v) is 9.26. The van der Waals surface area contributed by atoms with E-state index in [9.17, 15) is 22.8 Å². The summed E-state index contributed by atoms with van der Waals surface area (Å²) < 4.78 is 47.3. The minimum atomic E-state index is -4.86. The molecule has 2 aromatic carbocycles. The average Bonchev–Trinajstić information content (AvgIpc) is 2.90. The molecule has 0 bridgehead atoms. The second-order valence-electron chi connectivity index (χ2n) is 8.10. The van der Waals surface area contributed by atoms with E-state index >= 15 is 0 Å². The molecule has 1 N–H and O–H groups in total. The van der Waals surface area contributed by atoms with Crippen LogP contribution in [0.4, 0.5) is 23.7 Å². The molecule has 4 rings (SSSR count). The number of alkyl halides is 3. The van der Waals surface area contributed by atoms with Gasteiger partial charge in [0, 0.05) is 17.4 Å². The number of hydrazone groups is 1. The molecule has 1 atom stereocenters. The van der Waals surface area contributed by atoms with Crippen molar-refractivity contribution in [3.8, 4) is 11.5 Å². The molecule has 2 amide bonds. The number of pyridine rings is 1. The molecule has 0 radical (unpaired) electrons. The van der Waals surface area contributed by atoms with Crippen LogP contribution in [0.3, 0.4) is 0 Å². The Bertz CT molecular complexity index is 1330. The van der Waals surface area contributed by atoms with Crippen LogP contribution in [-0.2, 0) is 6.54 Å². The Kier molecular flexibility index (Phi) is 8.20. The van der Waals surface area contributed by atoms with E-state index < -0.39 is 12.1 Å². The number of nitrogens with one attached hydrogen (secondary N) is 1. The van der Waals surface area contributed by atoms with E-state index in [-0.39, 0.29) is 34.4 Å². The Balaban J connectivity index is 1.53. The highest BCUT2D eigenvalue weighted by atomic mass is 32.2. The van der Waals surface area contributed by atoms with Crippen LogP contribution in [0, 0.1) is 0 Å². The molecule has 12 heteroatoms. The number of nitrogens with zero attached hydrogens (tertiary/aromatic N) is 3. The number of rotatable bonds is 8. The second kappa shape index (κ2) is 11.5. The first kappa shape index (κ1) is 27.0. The fourth-order valence-corrected chi connectivity index (χ4v) is 4.62. The molecule has 8 nitrogen and oxygen atoms in total. The average molecular weight is 545 g/mol. The summed E-state index contributed by atoms with van der Waals surface area (Å²) in [6, 6.07) is 16.0. The summed E-state index contributed by atoms with van der Waals surface area (Å²) in [5.74, 6) is -0.916. The maximum absolute atomic E-state index is 12.8. The summed E-state index contributed by atoms with van der Waals surface area (Å²) in [4.78, 5) is 29.1. The summed E-state index contributed by atoms with van der Waals surface area (Å²) >= 11 is 1.09. The summed E-state index contributed by atoms with van der Waals surface area (Å²) in [5.41, 5.74) is 2.66. The maximum atomic E-state index is 12.8. The summed E-state index contributed by atoms with van der Waals surface area (Å²) in [6.07, 6.45) is -2.75. The number of thioether (sulfide) groups is 1. The molecule has 1 unspecified atom stereocenters. The predicted octanol–water partition coefficient (Wildman–Crippen LogP) is 6.09. The van der Waals surface area contributed by atoms with Crippen LogP contribution < -0.4 is 14.8 Å². The van der Waals surface area contributed by atoms with Crippen molar-refractivity contribution in [2.75, 3.05) is 12.4 Å². The van der Waals surface area contributed by atoms with Gasteiger partial charge in [0.1, 0.15) is 5.69 Å². The van der Waals surface area contributed by atoms with Crippen LogP contribution >= 0.6 is 11.8 Å². The number of carbonyl (C=O) groups excluding carboxylic acids is 2. The lowest BCUT2D eigenvalue weighted by Gasteiger charge is -2.28. The zero-order valence-corrected chi connectivity index (χ0v) is 21.2. The van der Waals surface area contributed by atoms with E-state index in [1.165, 1.54) is 36.5 Å². The molecule has 38 heavy (non-hydrogen) atoms. The molecule has 0 aliphatic carbocycles. The zero-order chi connectivity index (χ0) is 27.3. The molecular weight excluding hydrogens is 521 g/mol. The number of halogens is 3. The van der Waals surface area contributed by atoms with Gasteiger partial charge in [0.15, 0.2) is 11.5 Å². The van der Waals surface area contributed by atoms with Gasteiger partial charge in [-0.25, -0.2) is 5.01 Å². The highest BCUT2D eigenvalue weighted by molar-refractivity contribution is 8.14. The zero-order valence-electron chi connectivity index (χ0n) is 20.4. The number of hydrogen-bond donors (Lipinski definition) is 1. The molecule has 0 fully saturated rings. The number of aromatic nitrogens is 1. The van der Waals surface area contributed by atoms with Gasteiger partial charge in [0.25, 0.3) is 5.91 Å². The SMILES string of the molecule is CCC1SC(=O)N(Cc2ccc(NC(=O)c3ccccn3)cc2)N=C1c1ccc(OC(F)(F)F)c(OC)c1. The van der Waals surface area contributed by atoms with Crippen LogP contribution in [0.2, 0.25) is 0 Å². The highest BCUT2D eigenvalue weighted by Gasteiger charge is 2.34.